The molecule has 26 heavy (non-hydrogen) atoms. The predicted molar refractivity (Wildman–Crippen MR) is 101 cm³/mol. The monoisotopic (exact) mass is 381 g/mol. The summed E-state index contributed by atoms with van der Waals surface area (Å²) in [5.74, 6) is 1.98. The van der Waals surface area contributed by atoms with Crippen molar-refractivity contribution in [1.82, 2.24) is 15.3 Å². The first-order valence-corrected chi connectivity index (χ1v) is 10.9. The maximum absolute atomic E-state index is 12.1. The summed E-state index contributed by atoms with van der Waals surface area (Å²) in [7, 11) is 0.686. The van der Waals surface area contributed by atoms with Gasteiger partial charge in [-0.15, -0.1) is 0 Å². The van der Waals surface area contributed by atoms with E-state index in [9.17, 15) is 13.2 Å². The fourth-order valence-electron chi connectivity index (χ4n) is 3.80. The lowest BCUT2D eigenvalue weighted by Gasteiger charge is -2.26. The summed E-state index contributed by atoms with van der Waals surface area (Å²) < 4.78 is 23.4. The summed E-state index contributed by atoms with van der Waals surface area (Å²) in [6.07, 6.45) is 2.43. The van der Waals surface area contributed by atoms with Crippen molar-refractivity contribution in [2.24, 2.45) is 5.92 Å². The molecule has 0 bridgehead atoms. The van der Waals surface area contributed by atoms with Gasteiger partial charge in [-0.1, -0.05) is 0 Å². The van der Waals surface area contributed by atoms with E-state index in [-0.39, 0.29) is 29.4 Å². The van der Waals surface area contributed by atoms with E-state index in [1.807, 2.05) is 29.8 Å². The van der Waals surface area contributed by atoms with Crippen molar-refractivity contribution < 1.29 is 13.2 Å². The standard InChI is InChI=1S/C17H27N5O3S/c1-12-9-15(21(3)10-13-6-8-26(24,25)11-13)20-17(19-12)22-7-4-5-14(22)16(23)18-2/h9,13-14H,4-8,10-11H2,1-3H3,(H,18,23)/t13-,14+/m1/s1. The van der Waals surface area contributed by atoms with E-state index in [0.29, 0.717) is 18.9 Å². The van der Waals surface area contributed by atoms with Crippen LogP contribution in [0.5, 0.6) is 0 Å². The second kappa shape index (κ2) is 7.38. The van der Waals surface area contributed by atoms with Crippen LogP contribution in [-0.4, -0.2) is 69.0 Å². The Kier molecular flexibility index (Phi) is 5.36. The van der Waals surface area contributed by atoms with Crippen LogP contribution >= 0.6 is 0 Å². The summed E-state index contributed by atoms with van der Waals surface area (Å²) in [4.78, 5) is 25.3. The van der Waals surface area contributed by atoms with Crippen LogP contribution < -0.4 is 15.1 Å². The minimum absolute atomic E-state index is 0.0151. The lowest BCUT2D eigenvalue weighted by atomic mass is 10.1. The smallest absolute Gasteiger partial charge is 0.242 e. The third-order valence-electron chi connectivity index (χ3n) is 5.14. The predicted octanol–water partition coefficient (Wildman–Crippen LogP) is 0.371. The van der Waals surface area contributed by atoms with Gasteiger partial charge in [0, 0.05) is 38.9 Å². The Balaban J connectivity index is 1.78. The number of carbonyl (C=O) groups excluding carboxylic acids is 1. The molecule has 2 fully saturated rings. The van der Waals surface area contributed by atoms with Crippen LogP contribution in [0.4, 0.5) is 11.8 Å². The van der Waals surface area contributed by atoms with E-state index in [4.69, 9.17) is 0 Å². The zero-order chi connectivity index (χ0) is 18.9. The van der Waals surface area contributed by atoms with E-state index < -0.39 is 9.84 Å². The average Bonchev–Trinajstić information content (AvgIpc) is 3.20. The minimum Gasteiger partial charge on any atom is -0.359 e. The molecule has 1 aromatic heterocycles. The first kappa shape index (κ1) is 18.9. The number of likely N-dealkylation sites (N-methyl/N-ethyl adjacent to an activating group) is 1. The first-order valence-electron chi connectivity index (χ1n) is 9.04. The van der Waals surface area contributed by atoms with E-state index in [1.165, 1.54) is 0 Å². The van der Waals surface area contributed by atoms with Crippen molar-refractivity contribution in [3.8, 4) is 0 Å². The lowest BCUT2D eigenvalue weighted by Crippen LogP contribution is -2.43. The summed E-state index contributed by atoms with van der Waals surface area (Å²) in [6.45, 7) is 3.31. The van der Waals surface area contributed by atoms with Gasteiger partial charge in [0.15, 0.2) is 9.84 Å². The number of aromatic nitrogens is 2. The Bertz CT molecular complexity index is 783. The maximum Gasteiger partial charge on any atom is 0.242 e. The van der Waals surface area contributed by atoms with Gasteiger partial charge in [0.05, 0.1) is 11.5 Å². The number of hydrogen-bond donors (Lipinski definition) is 1. The molecule has 0 aliphatic carbocycles. The quantitative estimate of drug-likeness (QED) is 0.787. The third kappa shape index (κ3) is 4.08. The normalized spacial score (nSPS) is 24.7. The maximum atomic E-state index is 12.1. The lowest BCUT2D eigenvalue weighted by molar-refractivity contribution is -0.121. The third-order valence-corrected chi connectivity index (χ3v) is 6.97. The molecule has 3 rings (SSSR count). The SMILES string of the molecule is CNC(=O)[C@@H]1CCCN1c1nc(C)cc(N(C)C[C@H]2CCS(=O)(=O)C2)n1. The number of sulfone groups is 1. The fourth-order valence-corrected chi connectivity index (χ4v) is 5.65. The Hall–Kier alpha value is -1.90. The second-order valence-electron chi connectivity index (χ2n) is 7.28. The molecule has 1 amide bonds. The first-order chi connectivity index (χ1) is 12.3. The Morgan fingerprint density at radius 1 is 1.38 bits per heavy atom. The number of amides is 1. The zero-order valence-electron chi connectivity index (χ0n) is 15.6. The molecular weight excluding hydrogens is 354 g/mol. The number of hydrogen-bond acceptors (Lipinski definition) is 7. The Morgan fingerprint density at radius 3 is 2.81 bits per heavy atom. The number of carbonyl (C=O) groups is 1. The highest BCUT2D eigenvalue weighted by atomic mass is 32.2. The van der Waals surface area contributed by atoms with Gasteiger partial charge in [-0.05, 0) is 32.1 Å². The molecule has 2 saturated heterocycles. The molecule has 1 aromatic rings. The molecule has 8 nitrogen and oxygen atoms in total. The van der Waals surface area contributed by atoms with Crippen molar-refractivity contribution >= 4 is 27.5 Å². The van der Waals surface area contributed by atoms with Crippen LogP contribution in [0, 0.1) is 12.8 Å². The molecule has 144 valence electrons. The Morgan fingerprint density at radius 2 is 2.15 bits per heavy atom. The molecule has 2 aliphatic heterocycles. The van der Waals surface area contributed by atoms with Gasteiger partial charge >= 0.3 is 0 Å². The van der Waals surface area contributed by atoms with E-state index in [1.54, 1.807) is 7.05 Å². The molecule has 2 atom stereocenters. The molecule has 2 aliphatic rings. The number of aryl methyl sites for hydroxylation is 1. The zero-order valence-corrected chi connectivity index (χ0v) is 16.4. The number of nitrogens with one attached hydrogen (secondary N) is 1. The van der Waals surface area contributed by atoms with E-state index in [2.05, 4.69) is 15.3 Å². The number of rotatable bonds is 5. The second-order valence-corrected chi connectivity index (χ2v) is 9.51. The summed E-state index contributed by atoms with van der Waals surface area (Å²) in [5, 5.41) is 2.71. The average molecular weight is 382 g/mol. The highest BCUT2D eigenvalue weighted by Crippen LogP contribution is 2.26. The largest absolute Gasteiger partial charge is 0.359 e. The molecule has 0 saturated carbocycles. The molecule has 9 heteroatoms. The van der Waals surface area contributed by atoms with Gasteiger partial charge in [0.25, 0.3) is 0 Å². The van der Waals surface area contributed by atoms with Crippen LogP contribution in [0.15, 0.2) is 6.07 Å². The summed E-state index contributed by atoms with van der Waals surface area (Å²) in [5.41, 5.74) is 0.832. The van der Waals surface area contributed by atoms with Crippen molar-refractivity contribution in [3.05, 3.63) is 11.8 Å². The van der Waals surface area contributed by atoms with Gasteiger partial charge in [0.1, 0.15) is 11.9 Å². The molecule has 0 spiro atoms. The highest BCUT2D eigenvalue weighted by Gasteiger charge is 2.33. The van der Waals surface area contributed by atoms with Crippen molar-refractivity contribution in [2.45, 2.75) is 32.2 Å². The van der Waals surface area contributed by atoms with Gasteiger partial charge < -0.3 is 15.1 Å². The number of anilines is 2. The fraction of sp³-hybridized carbons (Fsp3) is 0.706. The molecule has 1 N–H and O–H groups in total. The van der Waals surface area contributed by atoms with E-state index >= 15 is 0 Å². The Labute approximate surface area is 154 Å². The van der Waals surface area contributed by atoms with Gasteiger partial charge in [-0.3, -0.25) is 4.79 Å². The molecule has 0 aromatic carbocycles. The van der Waals surface area contributed by atoms with Crippen LogP contribution in [0.2, 0.25) is 0 Å². The summed E-state index contributed by atoms with van der Waals surface area (Å²) >= 11 is 0. The van der Waals surface area contributed by atoms with Gasteiger partial charge in [0.2, 0.25) is 11.9 Å². The van der Waals surface area contributed by atoms with Crippen molar-refractivity contribution in [1.29, 1.82) is 0 Å². The molecule has 0 radical (unpaired) electrons. The van der Waals surface area contributed by atoms with Gasteiger partial charge in [-0.2, -0.15) is 4.98 Å². The minimum atomic E-state index is -2.88. The van der Waals surface area contributed by atoms with E-state index in [0.717, 1.165) is 30.9 Å². The van der Waals surface area contributed by atoms with Crippen LogP contribution in [0.1, 0.15) is 25.0 Å². The molecule has 3 heterocycles. The molecule has 0 unspecified atom stereocenters. The van der Waals surface area contributed by atoms with Gasteiger partial charge in [-0.25, -0.2) is 13.4 Å². The summed E-state index contributed by atoms with van der Waals surface area (Å²) in [6, 6.07) is 1.66. The topological polar surface area (TPSA) is 95.5 Å². The van der Waals surface area contributed by atoms with Crippen LogP contribution in [0.3, 0.4) is 0 Å². The highest BCUT2D eigenvalue weighted by molar-refractivity contribution is 7.91. The number of nitrogens with zero attached hydrogens (tertiary/aromatic N) is 4. The van der Waals surface area contributed by atoms with Crippen molar-refractivity contribution in [2.75, 3.05) is 48.5 Å². The van der Waals surface area contributed by atoms with Crippen molar-refractivity contribution in [3.63, 3.8) is 0 Å². The van der Waals surface area contributed by atoms with Crippen LogP contribution in [-0.2, 0) is 14.6 Å². The van der Waals surface area contributed by atoms with Crippen LogP contribution in [0.25, 0.3) is 0 Å². The molecular formula is C17H27N5O3S.